The van der Waals surface area contributed by atoms with Crippen molar-refractivity contribution in [2.45, 2.75) is 37.8 Å². The van der Waals surface area contributed by atoms with Gasteiger partial charge in [-0.2, -0.15) is 0 Å². The molecule has 1 atom stereocenters. The van der Waals surface area contributed by atoms with Crippen LogP contribution in [0, 0.1) is 11.2 Å². The van der Waals surface area contributed by atoms with Crippen LogP contribution in [-0.4, -0.2) is 14.5 Å². The molecule has 1 aliphatic carbocycles. The average molecular weight is 307 g/mol. The fraction of sp³-hybridized carbons (Fsp3) is 0.500. The van der Waals surface area contributed by atoms with Gasteiger partial charge in [-0.05, 0) is 29.5 Å². The third-order valence-corrected chi connectivity index (χ3v) is 5.29. The molecule has 1 aromatic rings. The van der Waals surface area contributed by atoms with Crippen LogP contribution in [0.5, 0.6) is 0 Å². The molecule has 1 unspecified atom stereocenters. The molecule has 3 N–H and O–H groups in total. The highest BCUT2D eigenvalue weighted by atomic mass is 35.5. The lowest BCUT2D eigenvalue weighted by Crippen LogP contribution is -2.28. The van der Waals surface area contributed by atoms with E-state index in [0.29, 0.717) is 0 Å². The van der Waals surface area contributed by atoms with Crippen LogP contribution in [0.4, 0.5) is 4.39 Å². The zero-order valence-electron chi connectivity index (χ0n) is 10.7. The van der Waals surface area contributed by atoms with Crippen LogP contribution in [0.3, 0.4) is 0 Å². The predicted octanol–water partition coefficient (Wildman–Crippen LogP) is 2.01. The largest absolute Gasteiger partial charge is 0.326 e. The Kier molecular flexibility index (Phi) is 3.64. The maximum absolute atomic E-state index is 13.6. The first-order chi connectivity index (χ1) is 8.67. The second-order valence-electron chi connectivity index (χ2n) is 5.45. The van der Waals surface area contributed by atoms with E-state index in [1.807, 2.05) is 13.8 Å². The van der Waals surface area contributed by atoms with E-state index in [0.717, 1.165) is 12.5 Å². The van der Waals surface area contributed by atoms with Gasteiger partial charge >= 0.3 is 0 Å². The summed E-state index contributed by atoms with van der Waals surface area (Å²) in [4.78, 5) is -0.141. The van der Waals surface area contributed by atoms with Gasteiger partial charge in [0.2, 0.25) is 10.0 Å². The quantitative estimate of drug-likeness (QED) is 0.894. The minimum absolute atomic E-state index is 0.0198. The molecule has 4 nitrogen and oxygen atoms in total. The Labute approximate surface area is 117 Å². The van der Waals surface area contributed by atoms with Crippen molar-refractivity contribution in [3.05, 3.63) is 28.5 Å². The van der Waals surface area contributed by atoms with E-state index in [2.05, 4.69) is 4.72 Å². The third-order valence-electron chi connectivity index (χ3n) is 3.42. The first-order valence-electron chi connectivity index (χ1n) is 5.88. The van der Waals surface area contributed by atoms with E-state index in [1.165, 1.54) is 6.07 Å². The van der Waals surface area contributed by atoms with Crippen LogP contribution < -0.4 is 10.5 Å². The van der Waals surface area contributed by atoms with Gasteiger partial charge < -0.3 is 5.73 Å². The highest BCUT2D eigenvalue weighted by Gasteiger charge is 2.47. The molecule has 19 heavy (non-hydrogen) atoms. The summed E-state index contributed by atoms with van der Waals surface area (Å²) in [6.07, 6.45) is 0.770. The van der Waals surface area contributed by atoms with Gasteiger partial charge in [0.15, 0.2) is 0 Å². The maximum Gasteiger partial charge on any atom is 0.240 e. The Bertz CT molecular complexity index is 616. The summed E-state index contributed by atoms with van der Waals surface area (Å²) in [6, 6.07) is 2.11. The van der Waals surface area contributed by atoms with Crippen LogP contribution in [0.15, 0.2) is 17.0 Å². The van der Waals surface area contributed by atoms with Gasteiger partial charge in [0.1, 0.15) is 5.82 Å². The molecule has 0 radical (unpaired) electrons. The number of hydrogen-bond donors (Lipinski definition) is 2. The smallest absolute Gasteiger partial charge is 0.240 e. The second-order valence-corrected chi connectivity index (χ2v) is 7.54. The van der Waals surface area contributed by atoms with Crippen LogP contribution in [0.2, 0.25) is 5.02 Å². The number of sulfonamides is 1. The standard InChI is InChI=1S/C12H16ClFN2O2S/c1-12(2)5-10(12)16-19(17,18)8-3-7(6-15)11(13)9(14)4-8/h3-4,10,16H,5-6,15H2,1-2H3. The summed E-state index contributed by atoms with van der Waals surface area (Å²) in [7, 11) is -3.74. The Balaban J connectivity index is 2.33. The lowest BCUT2D eigenvalue weighted by atomic mass is 10.2. The van der Waals surface area contributed by atoms with Crippen LogP contribution >= 0.6 is 11.6 Å². The maximum atomic E-state index is 13.6. The summed E-state index contributed by atoms with van der Waals surface area (Å²) in [5, 5.41) is -0.131. The summed E-state index contributed by atoms with van der Waals surface area (Å²) < 4.78 is 40.4. The Morgan fingerprint density at radius 1 is 1.53 bits per heavy atom. The highest BCUT2D eigenvalue weighted by Crippen LogP contribution is 2.45. The van der Waals surface area contributed by atoms with E-state index in [9.17, 15) is 12.8 Å². The molecule has 1 saturated carbocycles. The van der Waals surface area contributed by atoms with Crippen molar-refractivity contribution < 1.29 is 12.8 Å². The number of rotatable bonds is 4. The Morgan fingerprint density at radius 2 is 2.11 bits per heavy atom. The van der Waals surface area contributed by atoms with Gasteiger partial charge in [-0.25, -0.2) is 17.5 Å². The molecule has 0 amide bonds. The number of halogens is 2. The van der Waals surface area contributed by atoms with Crippen molar-refractivity contribution in [2.24, 2.45) is 11.1 Å². The molecule has 0 heterocycles. The average Bonchev–Trinajstić information content (AvgIpc) is 2.88. The second kappa shape index (κ2) is 4.70. The van der Waals surface area contributed by atoms with Gasteiger partial charge in [-0.15, -0.1) is 0 Å². The van der Waals surface area contributed by atoms with E-state index in [-0.39, 0.29) is 33.5 Å². The molecule has 2 rings (SSSR count). The van der Waals surface area contributed by atoms with Crippen LogP contribution in [0.25, 0.3) is 0 Å². The molecule has 7 heteroatoms. The summed E-state index contributed by atoms with van der Waals surface area (Å²) >= 11 is 5.71. The zero-order chi connectivity index (χ0) is 14.4. The topological polar surface area (TPSA) is 72.2 Å². The van der Waals surface area contributed by atoms with Gasteiger partial charge in [0.05, 0.1) is 9.92 Å². The molecular formula is C12H16ClFN2O2S. The molecule has 0 bridgehead atoms. The van der Waals surface area contributed by atoms with Gasteiger partial charge in [0, 0.05) is 12.6 Å². The van der Waals surface area contributed by atoms with Crippen molar-refractivity contribution in [1.29, 1.82) is 0 Å². The minimum Gasteiger partial charge on any atom is -0.326 e. The minimum atomic E-state index is -3.74. The summed E-state index contributed by atoms with van der Waals surface area (Å²) in [6.45, 7) is 3.91. The summed E-state index contributed by atoms with van der Waals surface area (Å²) in [5.41, 5.74) is 5.65. The third kappa shape index (κ3) is 2.91. The lowest BCUT2D eigenvalue weighted by molar-refractivity contribution is 0.553. The molecule has 0 saturated heterocycles. The fourth-order valence-electron chi connectivity index (χ4n) is 1.85. The van der Waals surface area contributed by atoms with Gasteiger partial charge in [0.25, 0.3) is 0 Å². The van der Waals surface area contributed by atoms with Crippen molar-refractivity contribution in [3.63, 3.8) is 0 Å². The molecule has 1 fully saturated rings. The van der Waals surface area contributed by atoms with Crippen LogP contribution in [0.1, 0.15) is 25.8 Å². The fourth-order valence-corrected chi connectivity index (χ4v) is 3.50. The van der Waals surface area contributed by atoms with E-state index in [1.54, 1.807) is 0 Å². The van der Waals surface area contributed by atoms with Crippen molar-refractivity contribution >= 4 is 21.6 Å². The number of nitrogens with one attached hydrogen (secondary N) is 1. The van der Waals surface area contributed by atoms with E-state index in [4.69, 9.17) is 17.3 Å². The van der Waals surface area contributed by atoms with E-state index < -0.39 is 15.8 Å². The molecule has 106 valence electrons. The predicted molar refractivity (Wildman–Crippen MR) is 71.8 cm³/mol. The Hall–Kier alpha value is -0.690. The zero-order valence-corrected chi connectivity index (χ0v) is 12.3. The van der Waals surface area contributed by atoms with Crippen molar-refractivity contribution in [2.75, 3.05) is 0 Å². The Morgan fingerprint density at radius 3 is 2.58 bits per heavy atom. The number of hydrogen-bond acceptors (Lipinski definition) is 3. The molecule has 1 aliphatic rings. The molecule has 0 aromatic heterocycles. The van der Waals surface area contributed by atoms with Gasteiger partial charge in [-0.3, -0.25) is 0 Å². The van der Waals surface area contributed by atoms with E-state index >= 15 is 0 Å². The highest BCUT2D eigenvalue weighted by molar-refractivity contribution is 7.89. The van der Waals surface area contributed by atoms with Crippen molar-refractivity contribution in [1.82, 2.24) is 4.72 Å². The molecular weight excluding hydrogens is 291 g/mol. The monoisotopic (exact) mass is 306 g/mol. The summed E-state index contributed by atoms with van der Waals surface area (Å²) in [5.74, 6) is -0.778. The number of nitrogens with two attached hydrogens (primary N) is 1. The first-order valence-corrected chi connectivity index (χ1v) is 7.74. The molecule has 0 spiro atoms. The molecule has 0 aliphatic heterocycles. The number of benzene rings is 1. The lowest BCUT2D eigenvalue weighted by Gasteiger charge is -2.10. The normalized spacial score (nSPS) is 21.4. The SMILES string of the molecule is CC1(C)CC1NS(=O)(=O)c1cc(F)c(Cl)c(CN)c1. The first kappa shape index (κ1) is 14.7. The van der Waals surface area contributed by atoms with Crippen LogP contribution in [-0.2, 0) is 16.6 Å². The van der Waals surface area contributed by atoms with Crippen molar-refractivity contribution in [3.8, 4) is 0 Å². The molecule has 1 aromatic carbocycles. The van der Waals surface area contributed by atoms with Gasteiger partial charge in [-0.1, -0.05) is 25.4 Å².